The molecule has 26 heavy (non-hydrogen) atoms. The van der Waals surface area contributed by atoms with Gasteiger partial charge in [0.2, 0.25) is 5.91 Å². The van der Waals surface area contributed by atoms with E-state index in [1.54, 1.807) is 12.5 Å². The molecule has 4 rings (SSSR count). The van der Waals surface area contributed by atoms with Gasteiger partial charge in [0.05, 0.1) is 6.04 Å². The Morgan fingerprint density at radius 3 is 2.69 bits per heavy atom. The van der Waals surface area contributed by atoms with E-state index in [4.69, 9.17) is 0 Å². The van der Waals surface area contributed by atoms with Crippen LogP contribution in [0.25, 0.3) is 0 Å². The number of amides is 1. The molecular formula is C18H25N7O. The van der Waals surface area contributed by atoms with Crippen molar-refractivity contribution >= 4 is 17.5 Å². The van der Waals surface area contributed by atoms with E-state index in [0.717, 1.165) is 30.4 Å². The van der Waals surface area contributed by atoms with Gasteiger partial charge in [0, 0.05) is 57.5 Å². The summed E-state index contributed by atoms with van der Waals surface area (Å²) in [4.78, 5) is 27.1. The zero-order valence-corrected chi connectivity index (χ0v) is 15.2. The molecular weight excluding hydrogens is 330 g/mol. The molecule has 0 spiro atoms. The third-order valence-electron chi connectivity index (χ3n) is 5.25. The average Bonchev–Trinajstić information content (AvgIpc) is 3.35. The summed E-state index contributed by atoms with van der Waals surface area (Å²) in [5.74, 6) is 3.04. The van der Waals surface area contributed by atoms with Crippen molar-refractivity contribution < 1.29 is 4.79 Å². The second kappa shape index (κ2) is 6.93. The molecule has 0 unspecified atom stereocenters. The van der Waals surface area contributed by atoms with Gasteiger partial charge >= 0.3 is 0 Å². The van der Waals surface area contributed by atoms with Crippen molar-refractivity contribution in [1.29, 1.82) is 0 Å². The van der Waals surface area contributed by atoms with Crippen molar-refractivity contribution in [2.24, 2.45) is 13.0 Å². The summed E-state index contributed by atoms with van der Waals surface area (Å²) >= 11 is 0. The van der Waals surface area contributed by atoms with Gasteiger partial charge < -0.3 is 20.1 Å². The predicted octanol–water partition coefficient (Wildman–Crippen LogP) is 1.81. The Kier molecular flexibility index (Phi) is 4.48. The molecule has 2 N–H and O–H groups in total. The van der Waals surface area contributed by atoms with E-state index in [2.05, 4.69) is 25.6 Å². The first kappa shape index (κ1) is 16.8. The standard InChI is InChI=1S/C18H25N7O/c1-24-8-7-19-18(24)17-12(3-6-16(26)25(17)2)10-20-14-9-15(22-11-21-14)23-13-4-5-13/h7-9,11-13,17H,3-6,10H2,1-2H3,(H2,20,21,22,23)/t12-,17+/m1/s1. The minimum Gasteiger partial charge on any atom is -0.370 e. The van der Waals surface area contributed by atoms with Crippen LogP contribution in [0, 0.1) is 5.92 Å². The van der Waals surface area contributed by atoms with E-state index in [1.165, 1.54) is 12.8 Å². The highest BCUT2D eigenvalue weighted by molar-refractivity contribution is 5.77. The molecule has 1 aliphatic carbocycles. The lowest BCUT2D eigenvalue weighted by molar-refractivity contribution is -0.137. The van der Waals surface area contributed by atoms with Crippen LogP contribution in [0.3, 0.4) is 0 Å². The molecule has 138 valence electrons. The molecule has 0 radical (unpaired) electrons. The van der Waals surface area contributed by atoms with Crippen molar-refractivity contribution in [3.05, 3.63) is 30.6 Å². The quantitative estimate of drug-likeness (QED) is 0.822. The van der Waals surface area contributed by atoms with Gasteiger partial charge in [-0.2, -0.15) is 0 Å². The molecule has 8 heteroatoms. The number of rotatable bonds is 6. The van der Waals surface area contributed by atoms with Crippen LogP contribution in [0.5, 0.6) is 0 Å². The van der Waals surface area contributed by atoms with Crippen LogP contribution < -0.4 is 10.6 Å². The summed E-state index contributed by atoms with van der Waals surface area (Å²) in [5, 5.41) is 6.82. The number of likely N-dealkylation sites (tertiary alicyclic amines) is 1. The van der Waals surface area contributed by atoms with Crippen LogP contribution in [-0.4, -0.2) is 50.0 Å². The van der Waals surface area contributed by atoms with Gasteiger partial charge in [-0.25, -0.2) is 15.0 Å². The van der Waals surface area contributed by atoms with Crippen molar-refractivity contribution in [1.82, 2.24) is 24.4 Å². The monoisotopic (exact) mass is 355 g/mol. The van der Waals surface area contributed by atoms with Gasteiger partial charge in [-0.15, -0.1) is 0 Å². The van der Waals surface area contributed by atoms with Gasteiger partial charge in [0.15, 0.2) is 0 Å². The molecule has 1 saturated heterocycles. The molecule has 0 bridgehead atoms. The molecule has 3 heterocycles. The summed E-state index contributed by atoms with van der Waals surface area (Å²) < 4.78 is 2.00. The SMILES string of the molecule is CN1C(=O)CC[C@H](CNc2cc(NC3CC3)ncn2)[C@H]1c1nccn1C. The highest BCUT2D eigenvalue weighted by atomic mass is 16.2. The minimum atomic E-state index is -0.0327. The number of nitrogens with one attached hydrogen (secondary N) is 2. The molecule has 2 aliphatic rings. The number of aryl methyl sites for hydroxylation is 1. The third-order valence-corrected chi connectivity index (χ3v) is 5.25. The topological polar surface area (TPSA) is 88.0 Å². The highest BCUT2D eigenvalue weighted by Crippen LogP contribution is 2.35. The Morgan fingerprint density at radius 1 is 1.15 bits per heavy atom. The summed E-state index contributed by atoms with van der Waals surface area (Å²) in [6.45, 7) is 0.731. The lowest BCUT2D eigenvalue weighted by Crippen LogP contribution is -2.43. The first-order valence-corrected chi connectivity index (χ1v) is 9.17. The van der Waals surface area contributed by atoms with Crippen LogP contribution in [0.1, 0.15) is 37.5 Å². The van der Waals surface area contributed by atoms with Gasteiger partial charge in [-0.3, -0.25) is 4.79 Å². The Hall–Kier alpha value is -2.64. The largest absolute Gasteiger partial charge is 0.370 e. The average molecular weight is 355 g/mol. The molecule has 1 aliphatic heterocycles. The maximum Gasteiger partial charge on any atom is 0.222 e. The number of carbonyl (C=O) groups excluding carboxylic acids is 1. The first-order chi connectivity index (χ1) is 12.6. The number of anilines is 2. The first-order valence-electron chi connectivity index (χ1n) is 9.17. The molecule has 2 aromatic heterocycles. The molecule has 2 aromatic rings. The van der Waals surface area contributed by atoms with Crippen molar-refractivity contribution in [3.8, 4) is 0 Å². The smallest absolute Gasteiger partial charge is 0.222 e. The number of imidazole rings is 1. The van der Waals surface area contributed by atoms with Crippen LogP contribution in [-0.2, 0) is 11.8 Å². The molecule has 0 aromatic carbocycles. The zero-order chi connectivity index (χ0) is 18.1. The third kappa shape index (κ3) is 3.49. The van der Waals surface area contributed by atoms with Crippen molar-refractivity contribution in [3.63, 3.8) is 0 Å². The van der Waals surface area contributed by atoms with E-state index in [0.29, 0.717) is 12.5 Å². The fourth-order valence-corrected chi connectivity index (χ4v) is 3.58. The number of piperidine rings is 1. The molecule has 1 saturated carbocycles. The van der Waals surface area contributed by atoms with E-state index in [9.17, 15) is 4.79 Å². The zero-order valence-electron chi connectivity index (χ0n) is 15.2. The van der Waals surface area contributed by atoms with Crippen LogP contribution in [0.4, 0.5) is 11.6 Å². The van der Waals surface area contributed by atoms with E-state index >= 15 is 0 Å². The van der Waals surface area contributed by atoms with Gasteiger partial charge in [0.1, 0.15) is 23.8 Å². The summed E-state index contributed by atoms with van der Waals surface area (Å²) in [5.41, 5.74) is 0. The maximum absolute atomic E-state index is 12.2. The van der Waals surface area contributed by atoms with E-state index in [-0.39, 0.29) is 17.9 Å². The maximum atomic E-state index is 12.2. The Bertz CT molecular complexity index is 785. The van der Waals surface area contributed by atoms with Gasteiger partial charge in [0.25, 0.3) is 0 Å². The Balaban J connectivity index is 1.47. The summed E-state index contributed by atoms with van der Waals surface area (Å²) in [6.07, 6.45) is 9.12. The fourth-order valence-electron chi connectivity index (χ4n) is 3.58. The summed E-state index contributed by atoms with van der Waals surface area (Å²) in [7, 11) is 3.84. The van der Waals surface area contributed by atoms with Crippen LogP contribution >= 0.6 is 0 Å². The van der Waals surface area contributed by atoms with Crippen LogP contribution in [0.2, 0.25) is 0 Å². The number of carbonyl (C=O) groups is 1. The molecule has 2 fully saturated rings. The number of nitrogens with zero attached hydrogens (tertiary/aromatic N) is 5. The lowest BCUT2D eigenvalue weighted by Gasteiger charge is -2.38. The predicted molar refractivity (Wildman–Crippen MR) is 98.6 cm³/mol. The Labute approximate surface area is 153 Å². The van der Waals surface area contributed by atoms with Crippen LogP contribution in [0.15, 0.2) is 24.8 Å². The molecule has 2 atom stereocenters. The number of hydrogen-bond acceptors (Lipinski definition) is 6. The van der Waals surface area contributed by atoms with Gasteiger partial charge in [-0.1, -0.05) is 0 Å². The van der Waals surface area contributed by atoms with Crippen molar-refractivity contribution in [2.45, 2.75) is 37.8 Å². The minimum absolute atomic E-state index is 0.0327. The number of aromatic nitrogens is 4. The van der Waals surface area contributed by atoms with E-state index < -0.39 is 0 Å². The van der Waals surface area contributed by atoms with E-state index in [1.807, 2.05) is 35.8 Å². The number of hydrogen-bond donors (Lipinski definition) is 2. The normalized spacial score (nSPS) is 23.2. The Morgan fingerprint density at radius 2 is 1.96 bits per heavy atom. The lowest BCUT2D eigenvalue weighted by atomic mass is 9.88. The second-order valence-electron chi connectivity index (χ2n) is 7.23. The van der Waals surface area contributed by atoms with Gasteiger partial charge in [-0.05, 0) is 19.3 Å². The summed E-state index contributed by atoms with van der Waals surface area (Å²) in [6, 6.07) is 2.48. The second-order valence-corrected chi connectivity index (χ2v) is 7.23. The molecule has 1 amide bonds. The fraction of sp³-hybridized carbons (Fsp3) is 0.556. The van der Waals surface area contributed by atoms with Crippen molar-refractivity contribution in [2.75, 3.05) is 24.2 Å². The molecule has 8 nitrogen and oxygen atoms in total. The highest BCUT2D eigenvalue weighted by Gasteiger charge is 2.36.